The van der Waals surface area contributed by atoms with Crippen LogP contribution in [0.5, 0.6) is 5.75 Å². The third kappa shape index (κ3) is 1.79. The summed E-state index contributed by atoms with van der Waals surface area (Å²) in [4.78, 5) is 10.3. The molecule has 2 aromatic rings. The van der Waals surface area contributed by atoms with E-state index < -0.39 is 4.92 Å². The van der Waals surface area contributed by atoms with Crippen molar-refractivity contribution in [3.8, 4) is 5.75 Å². The van der Waals surface area contributed by atoms with E-state index in [1.807, 2.05) is 24.3 Å². The lowest BCUT2D eigenvalue weighted by atomic mass is 10.0. The number of nitrogen functional groups attached to an aromatic ring is 1. The lowest BCUT2D eigenvalue weighted by molar-refractivity contribution is -0.384. The molecule has 1 aromatic carbocycles. The van der Waals surface area contributed by atoms with Crippen LogP contribution < -0.4 is 10.5 Å². The third-order valence-electron chi connectivity index (χ3n) is 3.23. The van der Waals surface area contributed by atoms with Gasteiger partial charge in [-0.1, -0.05) is 18.2 Å². The van der Waals surface area contributed by atoms with Gasteiger partial charge in [0.15, 0.2) is 0 Å². The number of nitro groups is 1. The standard InChI is InChI=1S/C12H12N4O3/c13-12-10(16(17)18)7-14-15(12)9-5-6-19-11-4-2-1-3-8(9)11/h1-4,7,9H,5-6,13H2. The smallest absolute Gasteiger partial charge is 0.330 e. The predicted molar refractivity (Wildman–Crippen MR) is 68.0 cm³/mol. The maximum atomic E-state index is 10.8. The molecule has 0 radical (unpaired) electrons. The van der Waals surface area contributed by atoms with Crippen molar-refractivity contribution < 1.29 is 9.66 Å². The minimum absolute atomic E-state index is 0.0757. The molecule has 0 amide bonds. The molecule has 7 heteroatoms. The zero-order chi connectivity index (χ0) is 13.4. The van der Waals surface area contributed by atoms with Crippen LogP contribution in [-0.4, -0.2) is 21.3 Å². The van der Waals surface area contributed by atoms with Crippen molar-refractivity contribution in [2.45, 2.75) is 12.5 Å². The molecule has 7 nitrogen and oxygen atoms in total. The molecule has 2 heterocycles. The van der Waals surface area contributed by atoms with E-state index in [1.165, 1.54) is 10.9 Å². The Balaban J connectivity index is 2.07. The van der Waals surface area contributed by atoms with Gasteiger partial charge in [0, 0.05) is 12.0 Å². The zero-order valence-electron chi connectivity index (χ0n) is 10.0. The molecule has 0 fully saturated rings. The lowest BCUT2D eigenvalue weighted by Gasteiger charge is -2.26. The van der Waals surface area contributed by atoms with Gasteiger partial charge in [0.2, 0.25) is 5.82 Å². The normalized spacial score (nSPS) is 17.6. The van der Waals surface area contributed by atoms with Gasteiger partial charge in [-0.05, 0) is 6.07 Å². The first-order valence-electron chi connectivity index (χ1n) is 5.87. The van der Waals surface area contributed by atoms with Crippen LogP contribution >= 0.6 is 0 Å². The maximum Gasteiger partial charge on any atom is 0.330 e. The van der Waals surface area contributed by atoms with Gasteiger partial charge in [-0.15, -0.1) is 0 Å². The van der Waals surface area contributed by atoms with Crippen molar-refractivity contribution in [2.24, 2.45) is 0 Å². The van der Waals surface area contributed by atoms with E-state index in [0.29, 0.717) is 13.0 Å². The van der Waals surface area contributed by atoms with Gasteiger partial charge in [-0.25, -0.2) is 4.68 Å². The molecular weight excluding hydrogens is 248 g/mol. The summed E-state index contributed by atoms with van der Waals surface area (Å²) in [7, 11) is 0. The molecule has 1 aromatic heterocycles. The minimum Gasteiger partial charge on any atom is -0.493 e. The van der Waals surface area contributed by atoms with Crippen LogP contribution in [0, 0.1) is 10.1 Å². The second-order valence-electron chi connectivity index (χ2n) is 4.31. The fourth-order valence-corrected chi connectivity index (χ4v) is 2.33. The molecule has 0 spiro atoms. The van der Waals surface area contributed by atoms with Gasteiger partial charge in [-0.2, -0.15) is 5.10 Å². The van der Waals surface area contributed by atoms with Crippen molar-refractivity contribution in [2.75, 3.05) is 12.3 Å². The highest BCUT2D eigenvalue weighted by Crippen LogP contribution is 2.36. The number of fused-ring (bicyclic) bond motifs is 1. The van der Waals surface area contributed by atoms with Gasteiger partial charge in [0.25, 0.3) is 0 Å². The second-order valence-corrected chi connectivity index (χ2v) is 4.31. The topological polar surface area (TPSA) is 96.2 Å². The highest BCUT2D eigenvalue weighted by atomic mass is 16.6. The molecule has 2 N–H and O–H groups in total. The highest BCUT2D eigenvalue weighted by molar-refractivity contribution is 5.52. The van der Waals surface area contributed by atoms with Crippen LogP contribution in [0.25, 0.3) is 0 Å². The number of nitrogens with zero attached hydrogens (tertiary/aromatic N) is 3. The maximum absolute atomic E-state index is 10.8. The van der Waals surface area contributed by atoms with Crippen molar-refractivity contribution >= 4 is 11.5 Å². The summed E-state index contributed by atoms with van der Waals surface area (Å²) < 4.78 is 7.05. The summed E-state index contributed by atoms with van der Waals surface area (Å²) in [6.07, 6.45) is 1.87. The molecule has 0 saturated heterocycles. The minimum atomic E-state index is -0.524. The Labute approximate surface area is 108 Å². The SMILES string of the molecule is Nc1c([N+](=O)[O-])cnn1C1CCOc2ccccc21. The molecule has 0 saturated carbocycles. The van der Waals surface area contributed by atoms with Crippen LogP contribution in [0.2, 0.25) is 0 Å². The molecule has 19 heavy (non-hydrogen) atoms. The zero-order valence-corrected chi connectivity index (χ0v) is 10.0. The fraction of sp³-hybridized carbons (Fsp3) is 0.250. The van der Waals surface area contributed by atoms with E-state index in [-0.39, 0.29) is 17.5 Å². The number of rotatable bonds is 2. The molecule has 1 unspecified atom stereocenters. The molecule has 0 bridgehead atoms. The van der Waals surface area contributed by atoms with Crippen molar-refractivity contribution in [3.05, 3.63) is 46.1 Å². The molecule has 0 aliphatic carbocycles. The molecular formula is C12H12N4O3. The summed E-state index contributed by atoms with van der Waals surface area (Å²) in [5, 5.41) is 14.9. The van der Waals surface area contributed by atoms with Gasteiger partial charge in [-0.3, -0.25) is 10.1 Å². The number of para-hydroxylation sites is 1. The Morgan fingerprint density at radius 1 is 1.47 bits per heavy atom. The summed E-state index contributed by atoms with van der Waals surface area (Å²) in [5.41, 5.74) is 6.59. The Morgan fingerprint density at radius 3 is 3.00 bits per heavy atom. The molecule has 1 aliphatic rings. The van der Waals surface area contributed by atoms with E-state index in [2.05, 4.69) is 5.10 Å². The van der Waals surface area contributed by atoms with Gasteiger partial charge in [0.05, 0.1) is 17.6 Å². The van der Waals surface area contributed by atoms with E-state index in [1.54, 1.807) is 0 Å². The third-order valence-corrected chi connectivity index (χ3v) is 3.23. The molecule has 98 valence electrons. The number of hydrogen-bond acceptors (Lipinski definition) is 5. The first-order chi connectivity index (χ1) is 9.18. The van der Waals surface area contributed by atoms with E-state index in [9.17, 15) is 10.1 Å². The summed E-state index contributed by atoms with van der Waals surface area (Å²) in [6, 6.07) is 7.45. The van der Waals surface area contributed by atoms with E-state index >= 15 is 0 Å². The number of anilines is 1. The van der Waals surface area contributed by atoms with Crippen LogP contribution in [0.1, 0.15) is 18.0 Å². The second kappa shape index (κ2) is 4.27. The fourth-order valence-electron chi connectivity index (χ4n) is 2.33. The Bertz CT molecular complexity index is 638. The Hall–Kier alpha value is -2.57. The Kier molecular flexibility index (Phi) is 2.59. The van der Waals surface area contributed by atoms with Crippen molar-refractivity contribution in [3.63, 3.8) is 0 Å². The van der Waals surface area contributed by atoms with Crippen molar-refractivity contribution in [1.82, 2.24) is 9.78 Å². The molecule has 1 atom stereocenters. The van der Waals surface area contributed by atoms with Crippen molar-refractivity contribution in [1.29, 1.82) is 0 Å². The number of nitrogens with two attached hydrogens (primary N) is 1. The van der Waals surface area contributed by atoms with Gasteiger partial charge < -0.3 is 10.5 Å². The summed E-state index contributed by atoms with van der Waals surface area (Å²) in [6.45, 7) is 0.536. The largest absolute Gasteiger partial charge is 0.493 e. The van der Waals surface area contributed by atoms with Gasteiger partial charge in [0.1, 0.15) is 11.9 Å². The summed E-state index contributed by atoms with van der Waals surface area (Å²) in [5.74, 6) is 0.850. The first kappa shape index (κ1) is 11.5. The molecule has 3 rings (SSSR count). The Morgan fingerprint density at radius 2 is 2.26 bits per heavy atom. The number of ether oxygens (including phenoxy) is 1. The lowest BCUT2D eigenvalue weighted by Crippen LogP contribution is -2.22. The van der Waals surface area contributed by atoms with Crippen LogP contribution in [-0.2, 0) is 0 Å². The van der Waals surface area contributed by atoms with E-state index in [4.69, 9.17) is 10.5 Å². The van der Waals surface area contributed by atoms with Crippen LogP contribution in [0.4, 0.5) is 11.5 Å². The predicted octanol–water partition coefficient (Wildman–Crippen LogP) is 1.75. The highest BCUT2D eigenvalue weighted by Gasteiger charge is 2.28. The molecule has 1 aliphatic heterocycles. The van der Waals surface area contributed by atoms with Crippen LogP contribution in [0.15, 0.2) is 30.5 Å². The average molecular weight is 260 g/mol. The first-order valence-corrected chi connectivity index (χ1v) is 5.87. The van der Waals surface area contributed by atoms with E-state index in [0.717, 1.165) is 11.3 Å². The van der Waals surface area contributed by atoms with Crippen LogP contribution in [0.3, 0.4) is 0 Å². The number of benzene rings is 1. The monoisotopic (exact) mass is 260 g/mol. The number of aromatic nitrogens is 2. The van der Waals surface area contributed by atoms with Gasteiger partial charge >= 0.3 is 5.69 Å². The summed E-state index contributed by atoms with van der Waals surface area (Å²) >= 11 is 0. The number of hydrogen-bond donors (Lipinski definition) is 1. The average Bonchev–Trinajstić information content (AvgIpc) is 2.80. The quantitative estimate of drug-likeness (QED) is 0.655.